The van der Waals surface area contributed by atoms with Crippen LogP contribution in [0, 0.1) is 11.8 Å². The highest BCUT2D eigenvalue weighted by atomic mass is 16.2. The molecule has 1 aliphatic rings. The van der Waals surface area contributed by atoms with Gasteiger partial charge in [-0.05, 0) is 31.6 Å². The summed E-state index contributed by atoms with van der Waals surface area (Å²) in [6, 6.07) is 0.385. The normalized spacial score (nSPS) is 25.0. The first-order valence-corrected chi connectivity index (χ1v) is 8.54. The van der Waals surface area contributed by atoms with Gasteiger partial charge >= 0.3 is 0 Å². The minimum atomic E-state index is 0.0422. The molecule has 3 atom stereocenters. The lowest BCUT2D eigenvalue weighted by Gasteiger charge is -2.35. The van der Waals surface area contributed by atoms with Crippen LogP contribution in [0.15, 0.2) is 0 Å². The molecule has 0 aromatic rings. The molecule has 0 bridgehead atoms. The van der Waals surface area contributed by atoms with Gasteiger partial charge in [0.05, 0.1) is 12.2 Å². The van der Waals surface area contributed by atoms with Crippen molar-refractivity contribution < 1.29 is 4.79 Å². The second-order valence-electron chi connectivity index (χ2n) is 6.72. The molecule has 0 radical (unpaired) electrons. The summed E-state index contributed by atoms with van der Waals surface area (Å²) >= 11 is 0. The van der Waals surface area contributed by atoms with Crippen LogP contribution in [0.25, 0.3) is 0 Å². The number of hydrogen-bond donors (Lipinski definition) is 1. The zero-order chi connectivity index (χ0) is 15.3. The minimum absolute atomic E-state index is 0.0422. The SMILES string of the molecule is CCCC1NC(CC(C)C)N(C(C)C(CC)CC)C1=O. The van der Waals surface area contributed by atoms with E-state index in [9.17, 15) is 4.79 Å². The lowest BCUT2D eigenvalue weighted by atomic mass is 9.93. The third kappa shape index (κ3) is 3.97. The molecule has 1 rings (SSSR count). The lowest BCUT2D eigenvalue weighted by molar-refractivity contribution is -0.133. The van der Waals surface area contributed by atoms with Gasteiger partial charge in [0.1, 0.15) is 0 Å². The molecule has 1 amide bonds. The van der Waals surface area contributed by atoms with Gasteiger partial charge < -0.3 is 4.90 Å². The Kier molecular flexibility index (Phi) is 7.01. The second kappa shape index (κ2) is 8.02. The van der Waals surface area contributed by atoms with E-state index in [1.54, 1.807) is 0 Å². The predicted molar refractivity (Wildman–Crippen MR) is 85.5 cm³/mol. The number of rotatable bonds is 8. The predicted octanol–water partition coefficient (Wildman–Crippen LogP) is 3.78. The summed E-state index contributed by atoms with van der Waals surface area (Å²) in [7, 11) is 0. The van der Waals surface area contributed by atoms with Gasteiger partial charge in [0.2, 0.25) is 5.91 Å². The molecule has 0 aromatic heterocycles. The van der Waals surface area contributed by atoms with Gasteiger partial charge in [0.25, 0.3) is 0 Å². The number of carbonyl (C=O) groups excluding carboxylic acids is 1. The van der Waals surface area contributed by atoms with Gasteiger partial charge in [-0.2, -0.15) is 0 Å². The van der Waals surface area contributed by atoms with E-state index in [1.807, 2.05) is 0 Å². The van der Waals surface area contributed by atoms with Gasteiger partial charge in [0.15, 0.2) is 0 Å². The Labute approximate surface area is 125 Å². The summed E-state index contributed by atoms with van der Waals surface area (Å²) < 4.78 is 0. The van der Waals surface area contributed by atoms with Crippen LogP contribution in [-0.4, -0.2) is 29.1 Å². The first kappa shape index (κ1) is 17.5. The maximum atomic E-state index is 12.7. The van der Waals surface area contributed by atoms with Crippen molar-refractivity contribution in [2.75, 3.05) is 0 Å². The third-order valence-electron chi connectivity index (χ3n) is 4.72. The van der Waals surface area contributed by atoms with Crippen LogP contribution >= 0.6 is 0 Å². The summed E-state index contributed by atoms with van der Waals surface area (Å²) in [6.45, 7) is 13.3. The van der Waals surface area contributed by atoms with Crippen LogP contribution in [0.5, 0.6) is 0 Å². The van der Waals surface area contributed by atoms with Gasteiger partial charge in [-0.3, -0.25) is 10.1 Å². The first-order valence-electron chi connectivity index (χ1n) is 8.54. The zero-order valence-electron chi connectivity index (χ0n) is 14.3. The van der Waals surface area contributed by atoms with Crippen LogP contribution in [0.3, 0.4) is 0 Å². The van der Waals surface area contributed by atoms with E-state index in [0.29, 0.717) is 23.8 Å². The van der Waals surface area contributed by atoms with Crippen molar-refractivity contribution >= 4 is 5.91 Å². The lowest BCUT2D eigenvalue weighted by Crippen LogP contribution is -2.47. The summed E-state index contributed by atoms with van der Waals surface area (Å²) in [6.07, 6.45) is 5.60. The van der Waals surface area contributed by atoms with Crippen molar-refractivity contribution in [2.24, 2.45) is 11.8 Å². The Balaban J connectivity index is 2.88. The molecule has 0 aromatic carbocycles. The molecule has 1 heterocycles. The van der Waals surface area contributed by atoms with E-state index in [-0.39, 0.29) is 12.2 Å². The molecule has 0 spiro atoms. The fourth-order valence-electron chi connectivity index (χ4n) is 3.52. The fourth-order valence-corrected chi connectivity index (χ4v) is 3.52. The van der Waals surface area contributed by atoms with Crippen molar-refractivity contribution in [2.45, 2.75) is 91.9 Å². The van der Waals surface area contributed by atoms with Crippen molar-refractivity contribution in [1.82, 2.24) is 10.2 Å². The van der Waals surface area contributed by atoms with E-state index >= 15 is 0 Å². The number of amides is 1. The highest BCUT2D eigenvalue weighted by Crippen LogP contribution is 2.27. The van der Waals surface area contributed by atoms with E-state index in [2.05, 4.69) is 51.8 Å². The monoisotopic (exact) mass is 282 g/mol. The molecular weight excluding hydrogens is 248 g/mol. The van der Waals surface area contributed by atoms with Crippen LogP contribution < -0.4 is 5.32 Å². The summed E-state index contributed by atoms with van der Waals surface area (Å²) in [4.78, 5) is 14.9. The number of nitrogens with one attached hydrogen (secondary N) is 1. The van der Waals surface area contributed by atoms with Crippen LogP contribution in [-0.2, 0) is 4.79 Å². The average molecular weight is 282 g/mol. The molecular formula is C17H34N2O. The Morgan fingerprint density at radius 1 is 1.15 bits per heavy atom. The highest BCUT2D eigenvalue weighted by Gasteiger charge is 2.41. The molecule has 0 aliphatic carbocycles. The molecule has 1 aliphatic heterocycles. The molecule has 1 N–H and O–H groups in total. The largest absolute Gasteiger partial charge is 0.323 e. The standard InChI is InChI=1S/C17H34N2O/c1-7-10-15-17(20)19(13(6)14(8-2)9-3)16(18-15)11-12(4)5/h12-16,18H,7-11H2,1-6H3. The summed E-state index contributed by atoms with van der Waals surface area (Å²) in [5, 5.41) is 3.58. The minimum Gasteiger partial charge on any atom is -0.323 e. The highest BCUT2D eigenvalue weighted by molar-refractivity contribution is 5.84. The second-order valence-corrected chi connectivity index (χ2v) is 6.72. The molecule has 1 fully saturated rings. The Morgan fingerprint density at radius 2 is 1.75 bits per heavy atom. The van der Waals surface area contributed by atoms with Gasteiger partial charge in [-0.1, -0.05) is 53.9 Å². The van der Waals surface area contributed by atoms with E-state index < -0.39 is 0 Å². The molecule has 1 saturated heterocycles. The van der Waals surface area contributed by atoms with E-state index in [0.717, 1.165) is 32.1 Å². The third-order valence-corrected chi connectivity index (χ3v) is 4.72. The topological polar surface area (TPSA) is 32.3 Å². The van der Waals surface area contributed by atoms with Crippen molar-refractivity contribution in [1.29, 1.82) is 0 Å². The number of hydrogen-bond acceptors (Lipinski definition) is 2. The Hall–Kier alpha value is -0.570. The van der Waals surface area contributed by atoms with Gasteiger partial charge in [-0.15, -0.1) is 0 Å². The molecule has 20 heavy (non-hydrogen) atoms. The molecule has 118 valence electrons. The average Bonchev–Trinajstić information content (AvgIpc) is 2.67. The Morgan fingerprint density at radius 3 is 2.20 bits per heavy atom. The summed E-state index contributed by atoms with van der Waals surface area (Å²) in [5.74, 6) is 1.55. The van der Waals surface area contributed by atoms with Crippen molar-refractivity contribution in [3.05, 3.63) is 0 Å². The maximum Gasteiger partial charge on any atom is 0.241 e. The maximum absolute atomic E-state index is 12.7. The Bertz CT molecular complexity index is 299. The fraction of sp³-hybridized carbons (Fsp3) is 0.941. The molecule has 0 saturated carbocycles. The van der Waals surface area contributed by atoms with Crippen molar-refractivity contribution in [3.63, 3.8) is 0 Å². The molecule has 3 heteroatoms. The van der Waals surface area contributed by atoms with Crippen molar-refractivity contribution in [3.8, 4) is 0 Å². The van der Waals surface area contributed by atoms with Gasteiger partial charge in [0, 0.05) is 6.04 Å². The quantitative estimate of drug-likeness (QED) is 0.734. The first-order chi connectivity index (χ1) is 9.46. The molecule has 3 unspecified atom stereocenters. The van der Waals surface area contributed by atoms with E-state index in [1.165, 1.54) is 0 Å². The van der Waals surface area contributed by atoms with Crippen LogP contribution in [0.2, 0.25) is 0 Å². The summed E-state index contributed by atoms with van der Waals surface area (Å²) in [5.41, 5.74) is 0. The molecule has 3 nitrogen and oxygen atoms in total. The van der Waals surface area contributed by atoms with Crippen LogP contribution in [0.4, 0.5) is 0 Å². The smallest absolute Gasteiger partial charge is 0.241 e. The van der Waals surface area contributed by atoms with Crippen LogP contribution in [0.1, 0.15) is 73.6 Å². The number of nitrogens with zero attached hydrogens (tertiary/aromatic N) is 1. The number of carbonyl (C=O) groups is 1. The van der Waals surface area contributed by atoms with E-state index in [4.69, 9.17) is 0 Å². The zero-order valence-corrected chi connectivity index (χ0v) is 14.3. The van der Waals surface area contributed by atoms with Gasteiger partial charge in [-0.25, -0.2) is 0 Å².